The van der Waals surface area contributed by atoms with Crippen LogP contribution in [0.2, 0.25) is 0 Å². The standard InChI is InChI=1S/C28H30O6/c1-3-4-5-6-19-31-24-15-10-23(11-16-24)28(30)34-26-13-8-22(9-14-26)7-12-25-17-18-27(20-32-25)33-21(2)29/h8-11,13-18,25,27H,3-6,19-20H2,1-2H3/t25?,27-/m0/s1/i15D,16D. The van der Waals surface area contributed by atoms with Crippen molar-refractivity contribution in [1.82, 2.24) is 0 Å². The summed E-state index contributed by atoms with van der Waals surface area (Å²) >= 11 is 0. The van der Waals surface area contributed by atoms with Gasteiger partial charge in [-0.25, -0.2) is 4.79 Å². The van der Waals surface area contributed by atoms with E-state index in [1.54, 1.807) is 36.4 Å². The second-order valence-electron chi connectivity index (χ2n) is 7.74. The molecule has 2 atom stereocenters. The fourth-order valence-corrected chi connectivity index (χ4v) is 3.11. The minimum Gasteiger partial charge on any atom is -0.494 e. The SMILES string of the molecule is [2H]c1cc(C(=O)Oc2ccc(C#CC3C=C[C@H](OC(C)=O)CO3)cc2)cc([2H])c1OCCCCCC. The van der Waals surface area contributed by atoms with E-state index in [4.69, 9.17) is 21.7 Å². The molecule has 1 unspecified atom stereocenters. The number of benzene rings is 2. The maximum Gasteiger partial charge on any atom is 0.343 e. The minimum atomic E-state index is -0.659. The van der Waals surface area contributed by atoms with Crippen LogP contribution in [0.15, 0.2) is 60.6 Å². The summed E-state index contributed by atoms with van der Waals surface area (Å²) in [4.78, 5) is 23.6. The Morgan fingerprint density at radius 2 is 1.82 bits per heavy atom. The topological polar surface area (TPSA) is 71.1 Å². The van der Waals surface area contributed by atoms with Crippen LogP contribution in [-0.2, 0) is 14.3 Å². The van der Waals surface area contributed by atoms with Crippen LogP contribution in [0.5, 0.6) is 11.5 Å². The fraction of sp³-hybridized carbons (Fsp3) is 0.357. The molecule has 34 heavy (non-hydrogen) atoms. The zero-order chi connectivity index (χ0) is 25.9. The van der Waals surface area contributed by atoms with Gasteiger partial charge in [0, 0.05) is 12.5 Å². The van der Waals surface area contributed by atoms with Crippen molar-refractivity contribution in [3.8, 4) is 23.3 Å². The van der Waals surface area contributed by atoms with Gasteiger partial charge in [-0.05, 0) is 67.1 Å². The number of rotatable bonds is 9. The zero-order valence-electron chi connectivity index (χ0n) is 21.5. The van der Waals surface area contributed by atoms with Gasteiger partial charge in [0.05, 0.1) is 21.5 Å². The van der Waals surface area contributed by atoms with Gasteiger partial charge in [-0.2, -0.15) is 0 Å². The summed E-state index contributed by atoms with van der Waals surface area (Å²) in [7, 11) is 0. The average molecular weight is 465 g/mol. The molecule has 178 valence electrons. The molecular formula is C28H30O6. The number of carbonyl (C=O) groups is 2. The summed E-state index contributed by atoms with van der Waals surface area (Å²) in [6.07, 6.45) is 6.82. The van der Waals surface area contributed by atoms with E-state index in [1.165, 1.54) is 19.1 Å². The Morgan fingerprint density at radius 1 is 1.06 bits per heavy atom. The van der Waals surface area contributed by atoms with Crippen molar-refractivity contribution < 1.29 is 31.3 Å². The highest BCUT2D eigenvalue weighted by Gasteiger charge is 2.16. The highest BCUT2D eigenvalue weighted by atomic mass is 16.6. The molecule has 3 rings (SSSR count). The Hall–Kier alpha value is -3.56. The lowest BCUT2D eigenvalue weighted by Crippen LogP contribution is -2.27. The van der Waals surface area contributed by atoms with Crippen molar-refractivity contribution >= 4 is 11.9 Å². The van der Waals surface area contributed by atoms with E-state index in [0.29, 0.717) is 17.9 Å². The van der Waals surface area contributed by atoms with Crippen molar-refractivity contribution in [2.45, 2.75) is 51.7 Å². The summed E-state index contributed by atoms with van der Waals surface area (Å²) in [5, 5.41) is 0. The summed E-state index contributed by atoms with van der Waals surface area (Å²) in [6.45, 7) is 4.16. The van der Waals surface area contributed by atoms with Crippen LogP contribution >= 0.6 is 0 Å². The predicted molar refractivity (Wildman–Crippen MR) is 129 cm³/mol. The third-order valence-corrected chi connectivity index (χ3v) is 4.88. The fourth-order valence-electron chi connectivity index (χ4n) is 3.11. The molecule has 0 radical (unpaired) electrons. The van der Waals surface area contributed by atoms with Gasteiger partial charge in [-0.1, -0.05) is 38.0 Å². The van der Waals surface area contributed by atoms with Crippen LogP contribution in [-0.4, -0.2) is 37.4 Å². The zero-order valence-corrected chi connectivity index (χ0v) is 19.5. The Kier molecular flexibility index (Phi) is 8.65. The number of ether oxygens (including phenoxy) is 4. The molecule has 0 aromatic heterocycles. The molecule has 0 saturated carbocycles. The van der Waals surface area contributed by atoms with E-state index in [-0.39, 0.29) is 36.0 Å². The first kappa shape index (κ1) is 22.2. The van der Waals surface area contributed by atoms with Gasteiger partial charge >= 0.3 is 11.9 Å². The Morgan fingerprint density at radius 3 is 2.47 bits per heavy atom. The van der Waals surface area contributed by atoms with Crippen molar-refractivity contribution in [1.29, 1.82) is 0 Å². The minimum absolute atomic E-state index is 0.0197. The number of unbranched alkanes of at least 4 members (excludes halogenated alkanes) is 3. The third kappa shape index (κ3) is 8.42. The lowest BCUT2D eigenvalue weighted by Gasteiger charge is -2.20. The molecular weight excluding hydrogens is 432 g/mol. The number of hydrogen-bond donors (Lipinski definition) is 0. The Bertz CT molecular complexity index is 1120. The molecule has 1 aliphatic rings. The molecule has 2 aromatic carbocycles. The van der Waals surface area contributed by atoms with Crippen LogP contribution in [0, 0.1) is 11.8 Å². The molecule has 0 bridgehead atoms. The normalized spacial score (nSPS) is 17.6. The van der Waals surface area contributed by atoms with Crippen LogP contribution in [0.3, 0.4) is 0 Å². The molecule has 1 heterocycles. The second-order valence-corrected chi connectivity index (χ2v) is 7.74. The van der Waals surface area contributed by atoms with Gasteiger partial charge in [0.2, 0.25) is 0 Å². The average Bonchev–Trinajstić information content (AvgIpc) is 2.85. The number of esters is 2. The largest absolute Gasteiger partial charge is 0.494 e. The van der Waals surface area contributed by atoms with Crippen molar-refractivity contribution in [2.24, 2.45) is 0 Å². The van der Waals surface area contributed by atoms with E-state index in [9.17, 15) is 9.59 Å². The van der Waals surface area contributed by atoms with Gasteiger partial charge in [0.1, 0.15) is 23.7 Å². The highest BCUT2D eigenvalue weighted by Crippen LogP contribution is 2.17. The molecule has 6 nitrogen and oxygen atoms in total. The summed E-state index contributed by atoms with van der Waals surface area (Å²) in [5.41, 5.74) is 0.816. The lowest BCUT2D eigenvalue weighted by atomic mass is 10.1. The van der Waals surface area contributed by atoms with E-state index in [1.807, 2.05) is 0 Å². The molecule has 0 saturated heterocycles. The maximum atomic E-state index is 12.6. The first-order chi connectivity index (χ1) is 17.4. The van der Waals surface area contributed by atoms with Gasteiger partial charge in [-0.15, -0.1) is 0 Å². The van der Waals surface area contributed by atoms with E-state index in [2.05, 4.69) is 18.8 Å². The van der Waals surface area contributed by atoms with Crippen LogP contribution in [0.25, 0.3) is 0 Å². The van der Waals surface area contributed by atoms with Gasteiger partial charge in [0.25, 0.3) is 0 Å². The monoisotopic (exact) mass is 464 g/mol. The van der Waals surface area contributed by atoms with Gasteiger partial charge in [-0.3, -0.25) is 4.79 Å². The van der Waals surface area contributed by atoms with Crippen LogP contribution in [0.4, 0.5) is 0 Å². The molecule has 6 heteroatoms. The van der Waals surface area contributed by atoms with Crippen LogP contribution < -0.4 is 9.47 Å². The first-order valence-corrected chi connectivity index (χ1v) is 11.4. The quantitative estimate of drug-likeness (QED) is 0.169. The second kappa shape index (κ2) is 13.2. The van der Waals surface area contributed by atoms with Crippen molar-refractivity contribution in [2.75, 3.05) is 13.2 Å². The molecule has 0 spiro atoms. The van der Waals surface area contributed by atoms with Gasteiger partial charge in [0.15, 0.2) is 0 Å². The summed E-state index contributed by atoms with van der Waals surface area (Å²) in [5.74, 6) is 5.44. The predicted octanol–water partition coefficient (Wildman–Crippen LogP) is 5.10. The molecule has 0 amide bonds. The van der Waals surface area contributed by atoms with Crippen molar-refractivity contribution in [3.63, 3.8) is 0 Å². The lowest BCUT2D eigenvalue weighted by molar-refractivity contribution is -0.147. The van der Waals surface area contributed by atoms with E-state index >= 15 is 0 Å². The molecule has 0 N–H and O–H groups in total. The van der Waals surface area contributed by atoms with Crippen LogP contribution in [0.1, 0.15) is 58.2 Å². The number of hydrogen-bond acceptors (Lipinski definition) is 6. The van der Waals surface area contributed by atoms with E-state index in [0.717, 1.165) is 25.7 Å². The third-order valence-electron chi connectivity index (χ3n) is 4.88. The van der Waals surface area contributed by atoms with E-state index < -0.39 is 18.2 Å². The van der Waals surface area contributed by atoms with Crippen molar-refractivity contribution in [3.05, 3.63) is 71.8 Å². The Labute approximate surface area is 203 Å². The smallest absolute Gasteiger partial charge is 0.343 e. The first-order valence-electron chi connectivity index (χ1n) is 12.4. The highest BCUT2D eigenvalue weighted by molar-refractivity contribution is 5.91. The maximum absolute atomic E-state index is 12.6. The molecule has 0 fully saturated rings. The summed E-state index contributed by atoms with van der Waals surface area (Å²) < 4.78 is 37.9. The molecule has 1 aliphatic heterocycles. The summed E-state index contributed by atoms with van der Waals surface area (Å²) in [6, 6.07) is 9.33. The molecule has 2 aromatic rings. The van der Waals surface area contributed by atoms with Gasteiger partial charge < -0.3 is 18.9 Å². The molecule has 0 aliphatic carbocycles. The number of carbonyl (C=O) groups excluding carboxylic acids is 2. The Balaban J connectivity index is 1.55.